The van der Waals surface area contributed by atoms with Crippen LogP contribution in [0.2, 0.25) is 0 Å². The van der Waals surface area contributed by atoms with Gasteiger partial charge in [-0.1, -0.05) is 18.2 Å². The summed E-state index contributed by atoms with van der Waals surface area (Å²) in [6.07, 6.45) is 0. The summed E-state index contributed by atoms with van der Waals surface area (Å²) in [6, 6.07) is 13.0. The molecule has 1 aromatic heterocycles. The first-order valence-electron chi connectivity index (χ1n) is 6.89. The Morgan fingerprint density at radius 1 is 1.13 bits per heavy atom. The lowest BCUT2D eigenvalue weighted by molar-refractivity contribution is 0.0954. The molecule has 0 spiro atoms. The van der Waals surface area contributed by atoms with Gasteiger partial charge in [-0.15, -0.1) is 11.3 Å². The van der Waals surface area contributed by atoms with E-state index in [2.05, 4.69) is 5.32 Å². The van der Waals surface area contributed by atoms with E-state index in [9.17, 15) is 14.0 Å². The fraction of sp³-hybridized carbons (Fsp3) is 0.0588. The zero-order valence-corrected chi connectivity index (χ0v) is 12.8. The molecule has 0 fully saturated rings. The fourth-order valence-electron chi connectivity index (χ4n) is 2.24. The largest absolute Gasteiger partial charge is 0.366 e. The number of nitrogens with one attached hydrogen (secondary N) is 1. The molecule has 2 amide bonds. The number of nitrogens with two attached hydrogens (primary N) is 1. The van der Waals surface area contributed by atoms with Gasteiger partial charge in [0.1, 0.15) is 5.82 Å². The molecule has 0 saturated carbocycles. The summed E-state index contributed by atoms with van der Waals surface area (Å²) in [7, 11) is 0. The molecule has 0 aliphatic carbocycles. The second kappa shape index (κ2) is 6.18. The van der Waals surface area contributed by atoms with Gasteiger partial charge in [0.2, 0.25) is 5.91 Å². The molecule has 3 aromatic rings. The van der Waals surface area contributed by atoms with Crippen molar-refractivity contribution in [2.24, 2.45) is 5.73 Å². The average Bonchev–Trinajstić information content (AvgIpc) is 2.98. The monoisotopic (exact) mass is 328 g/mol. The molecule has 0 bridgehead atoms. The molecule has 23 heavy (non-hydrogen) atoms. The van der Waals surface area contributed by atoms with Crippen molar-refractivity contribution in [1.82, 2.24) is 5.32 Å². The van der Waals surface area contributed by atoms with Crippen LogP contribution in [0.1, 0.15) is 25.6 Å². The number of fused-ring (bicyclic) bond motifs is 1. The molecule has 0 radical (unpaired) electrons. The van der Waals surface area contributed by atoms with Crippen LogP contribution in [-0.4, -0.2) is 11.8 Å². The fourth-order valence-corrected chi connectivity index (χ4v) is 3.23. The maximum atomic E-state index is 13.7. The van der Waals surface area contributed by atoms with E-state index in [-0.39, 0.29) is 18.3 Å². The first-order valence-corrected chi connectivity index (χ1v) is 7.71. The number of hydrogen-bond acceptors (Lipinski definition) is 3. The number of rotatable bonds is 4. The lowest BCUT2D eigenvalue weighted by Gasteiger charge is -2.05. The number of halogens is 1. The molecule has 116 valence electrons. The van der Waals surface area contributed by atoms with E-state index in [0.717, 1.165) is 10.3 Å². The molecule has 0 aliphatic heterocycles. The van der Waals surface area contributed by atoms with Crippen molar-refractivity contribution in [2.75, 3.05) is 0 Å². The minimum atomic E-state index is -0.516. The number of thiophene rings is 1. The minimum Gasteiger partial charge on any atom is -0.366 e. The number of carbonyl (C=O) groups excluding carboxylic acids is 2. The predicted molar refractivity (Wildman–Crippen MR) is 87.9 cm³/mol. The van der Waals surface area contributed by atoms with Crippen molar-refractivity contribution in [2.45, 2.75) is 6.54 Å². The zero-order chi connectivity index (χ0) is 16.4. The molecule has 1 heterocycles. The Morgan fingerprint density at radius 2 is 1.91 bits per heavy atom. The lowest BCUT2D eigenvalue weighted by Crippen LogP contribution is -2.22. The SMILES string of the molecule is NC(=O)c1cccc(CNC(=O)c2cc3c(F)cccc3s2)c1. The van der Waals surface area contributed by atoms with E-state index in [0.29, 0.717) is 15.8 Å². The van der Waals surface area contributed by atoms with E-state index in [1.165, 1.54) is 17.4 Å². The van der Waals surface area contributed by atoms with Crippen LogP contribution in [0.25, 0.3) is 10.1 Å². The van der Waals surface area contributed by atoms with Crippen molar-refractivity contribution >= 4 is 33.2 Å². The van der Waals surface area contributed by atoms with Crippen molar-refractivity contribution in [3.05, 3.63) is 70.4 Å². The van der Waals surface area contributed by atoms with Gasteiger partial charge in [-0.05, 0) is 35.9 Å². The first-order chi connectivity index (χ1) is 11.0. The van der Waals surface area contributed by atoms with Gasteiger partial charge in [-0.25, -0.2) is 4.39 Å². The first kappa shape index (κ1) is 15.2. The molecular formula is C17H13FN2O2S. The molecule has 2 aromatic carbocycles. The Bertz CT molecular complexity index is 904. The average molecular weight is 328 g/mol. The third kappa shape index (κ3) is 3.22. The summed E-state index contributed by atoms with van der Waals surface area (Å²) in [6.45, 7) is 0.261. The van der Waals surface area contributed by atoms with Crippen molar-refractivity contribution in [3.8, 4) is 0 Å². The van der Waals surface area contributed by atoms with Crippen LogP contribution in [0, 0.1) is 5.82 Å². The van der Waals surface area contributed by atoms with Gasteiger partial charge in [0.15, 0.2) is 0 Å². The highest BCUT2D eigenvalue weighted by molar-refractivity contribution is 7.20. The van der Waals surface area contributed by atoms with Gasteiger partial charge in [0, 0.05) is 22.2 Å². The minimum absolute atomic E-state index is 0.261. The molecule has 3 N–H and O–H groups in total. The Hall–Kier alpha value is -2.73. The van der Waals surface area contributed by atoms with Crippen molar-refractivity contribution in [1.29, 1.82) is 0 Å². The summed E-state index contributed by atoms with van der Waals surface area (Å²) >= 11 is 1.24. The second-order valence-electron chi connectivity index (χ2n) is 5.01. The summed E-state index contributed by atoms with van der Waals surface area (Å²) in [5.41, 5.74) is 6.38. The number of hydrogen-bond donors (Lipinski definition) is 2. The number of benzene rings is 2. The third-order valence-electron chi connectivity index (χ3n) is 3.40. The Balaban J connectivity index is 1.75. The van der Waals surface area contributed by atoms with Crippen LogP contribution in [0.3, 0.4) is 0 Å². The van der Waals surface area contributed by atoms with Gasteiger partial charge in [-0.3, -0.25) is 9.59 Å². The van der Waals surface area contributed by atoms with Gasteiger partial charge < -0.3 is 11.1 Å². The topological polar surface area (TPSA) is 72.2 Å². The van der Waals surface area contributed by atoms with E-state index >= 15 is 0 Å². The van der Waals surface area contributed by atoms with Crippen LogP contribution >= 0.6 is 11.3 Å². The lowest BCUT2D eigenvalue weighted by atomic mass is 10.1. The van der Waals surface area contributed by atoms with E-state index in [1.54, 1.807) is 42.5 Å². The zero-order valence-electron chi connectivity index (χ0n) is 12.0. The Kier molecular flexibility index (Phi) is 4.08. The van der Waals surface area contributed by atoms with Crippen molar-refractivity contribution in [3.63, 3.8) is 0 Å². The maximum absolute atomic E-state index is 13.7. The maximum Gasteiger partial charge on any atom is 0.261 e. The Morgan fingerprint density at radius 3 is 2.65 bits per heavy atom. The highest BCUT2D eigenvalue weighted by Gasteiger charge is 2.12. The molecule has 0 atom stereocenters. The van der Waals surface area contributed by atoms with E-state index < -0.39 is 5.91 Å². The van der Waals surface area contributed by atoms with Crippen LogP contribution in [0.15, 0.2) is 48.5 Å². The van der Waals surface area contributed by atoms with Crippen LogP contribution < -0.4 is 11.1 Å². The number of amides is 2. The van der Waals surface area contributed by atoms with Gasteiger partial charge in [0.05, 0.1) is 4.88 Å². The second-order valence-corrected chi connectivity index (χ2v) is 6.09. The van der Waals surface area contributed by atoms with Gasteiger partial charge in [0.25, 0.3) is 5.91 Å². The summed E-state index contributed by atoms with van der Waals surface area (Å²) < 4.78 is 14.4. The quantitative estimate of drug-likeness (QED) is 0.772. The van der Waals surface area contributed by atoms with Crippen LogP contribution in [-0.2, 0) is 6.54 Å². The normalized spacial score (nSPS) is 10.7. The number of carbonyl (C=O) groups is 2. The highest BCUT2D eigenvalue weighted by atomic mass is 32.1. The van der Waals surface area contributed by atoms with Crippen molar-refractivity contribution < 1.29 is 14.0 Å². The number of primary amides is 1. The highest BCUT2D eigenvalue weighted by Crippen LogP contribution is 2.27. The molecule has 0 unspecified atom stereocenters. The predicted octanol–water partition coefficient (Wildman–Crippen LogP) is 3.07. The van der Waals surface area contributed by atoms with Crippen LogP contribution in [0.5, 0.6) is 0 Å². The molecule has 6 heteroatoms. The molecule has 3 rings (SSSR count). The van der Waals surface area contributed by atoms with E-state index in [1.807, 2.05) is 0 Å². The summed E-state index contributed by atoms with van der Waals surface area (Å²) in [5.74, 6) is -1.14. The van der Waals surface area contributed by atoms with Crippen LogP contribution in [0.4, 0.5) is 4.39 Å². The third-order valence-corrected chi connectivity index (χ3v) is 4.50. The molecular weight excluding hydrogens is 315 g/mol. The molecule has 4 nitrogen and oxygen atoms in total. The standard InChI is InChI=1S/C17H13FN2O2S/c18-13-5-2-6-14-12(13)8-15(23-14)17(22)20-9-10-3-1-4-11(7-10)16(19)21/h1-8H,9H2,(H2,19,21)(H,20,22). The van der Waals surface area contributed by atoms with Gasteiger partial charge in [-0.2, -0.15) is 0 Å². The van der Waals surface area contributed by atoms with Gasteiger partial charge >= 0.3 is 0 Å². The summed E-state index contributed by atoms with van der Waals surface area (Å²) in [5, 5.41) is 3.20. The Labute approximate surface area is 135 Å². The molecule has 0 saturated heterocycles. The smallest absolute Gasteiger partial charge is 0.261 e. The van der Waals surface area contributed by atoms with E-state index in [4.69, 9.17) is 5.73 Å². The molecule has 0 aliphatic rings. The summed E-state index contributed by atoms with van der Waals surface area (Å²) in [4.78, 5) is 23.8.